The van der Waals surface area contributed by atoms with Crippen molar-refractivity contribution in [2.24, 2.45) is 0 Å². The Morgan fingerprint density at radius 3 is 2.00 bits per heavy atom. The van der Waals surface area contributed by atoms with Crippen molar-refractivity contribution < 1.29 is 0 Å². The molecular formula is C11H23N. The van der Waals surface area contributed by atoms with E-state index < -0.39 is 0 Å². The first-order valence-electron chi connectivity index (χ1n) is 5.04. The zero-order chi connectivity index (χ0) is 9.61. The van der Waals surface area contributed by atoms with Crippen LogP contribution < -0.4 is 5.32 Å². The first-order valence-corrected chi connectivity index (χ1v) is 5.04. The van der Waals surface area contributed by atoms with Gasteiger partial charge in [-0.15, -0.1) is 0 Å². The van der Waals surface area contributed by atoms with Crippen LogP contribution in [0, 0.1) is 0 Å². The largest absolute Gasteiger partial charge is 0.384 e. The predicted molar refractivity (Wildman–Crippen MR) is 56.2 cm³/mol. The van der Waals surface area contributed by atoms with Crippen LogP contribution in [0.5, 0.6) is 0 Å². The highest BCUT2D eigenvalue weighted by molar-refractivity contribution is 4.96. The van der Waals surface area contributed by atoms with E-state index >= 15 is 0 Å². The SMILES string of the molecule is C=C(C)NC(CC)(CC)CCC. The fraction of sp³-hybridized carbons (Fsp3) is 0.818. The maximum atomic E-state index is 3.91. The molecule has 0 fully saturated rings. The molecule has 0 aliphatic heterocycles. The van der Waals surface area contributed by atoms with E-state index in [1.807, 2.05) is 6.92 Å². The van der Waals surface area contributed by atoms with E-state index in [9.17, 15) is 0 Å². The van der Waals surface area contributed by atoms with Gasteiger partial charge in [-0.3, -0.25) is 0 Å². The smallest absolute Gasteiger partial charge is 0.0365 e. The Kier molecular flexibility index (Phi) is 5.03. The highest BCUT2D eigenvalue weighted by Gasteiger charge is 2.23. The molecule has 72 valence electrons. The molecule has 0 bridgehead atoms. The van der Waals surface area contributed by atoms with Gasteiger partial charge in [0.25, 0.3) is 0 Å². The molecule has 1 heteroatoms. The van der Waals surface area contributed by atoms with E-state index in [0.29, 0.717) is 5.54 Å². The molecule has 0 amide bonds. The van der Waals surface area contributed by atoms with Gasteiger partial charge in [0.2, 0.25) is 0 Å². The minimum absolute atomic E-state index is 0.306. The highest BCUT2D eigenvalue weighted by atomic mass is 15.0. The van der Waals surface area contributed by atoms with Gasteiger partial charge in [0.1, 0.15) is 0 Å². The summed E-state index contributed by atoms with van der Waals surface area (Å²) >= 11 is 0. The van der Waals surface area contributed by atoms with Crippen LogP contribution in [-0.2, 0) is 0 Å². The van der Waals surface area contributed by atoms with E-state index in [4.69, 9.17) is 0 Å². The van der Waals surface area contributed by atoms with Crippen LogP contribution in [0.2, 0.25) is 0 Å². The quantitative estimate of drug-likeness (QED) is 0.642. The third kappa shape index (κ3) is 3.29. The van der Waals surface area contributed by atoms with Gasteiger partial charge in [-0.25, -0.2) is 0 Å². The number of hydrogen-bond donors (Lipinski definition) is 1. The summed E-state index contributed by atoms with van der Waals surface area (Å²) in [7, 11) is 0. The molecule has 0 saturated heterocycles. The summed E-state index contributed by atoms with van der Waals surface area (Å²) in [6, 6.07) is 0. The van der Waals surface area contributed by atoms with Crippen molar-refractivity contribution in [2.75, 3.05) is 0 Å². The van der Waals surface area contributed by atoms with Gasteiger partial charge in [-0.1, -0.05) is 33.8 Å². The number of allylic oxidation sites excluding steroid dienone is 1. The minimum atomic E-state index is 0.306. The Bertz CT molecular complexity index is 134. The van der Waals surface area contributed by atoms with Gasteiger partial charge < -0.3 is 5.32 Å². The molecule has 0 radical (unpaired) electrons. The summed E-state index contributed by atoms with van der Waals surface area (Å²) in [6.45, 7) is 12.7. The van der Waals surface area contributed by atoms with Gasteiger partial charge in [0, 0.05) is 11.2 Å². The lowest BCUT2D eigenvalue weighted by molar-refractivity contribution is 0.302. The summed E-state index contributed by atoms with van der Waals surface area (Å²) in [5, 5.41) is 3.50. The summed E-state index contributed by atoms with van der Waals surface area (Å²) in [5.41, 5.74) is 1.40. The van der Waals surface area contributed by atoms with Gasteiger partial charge in [0.15, 0.2) is 0 Å². The Labute approximate surface area is 77.2 Å². The fourth-order valence-electron chi connectivity index (χ4n) is 1.77. The maximum absolute atomic E-state index is 3.91. The zero-order valence-electron chi connectivity index (χ0n) is 9.04. The number of hydrogen-bond acceptors (Lipinski definition) is 1. The summed E-state index contributed by atoms with van der Waals surface area (Å²) in [6.07, 6.45) is 4.85. The van der Waals surface area contributed by atoms with E-state index in [2.05, 4.69) is 32.7 Å². The summed E-state index contributed by atoms with van der Waals surface area (Å²) in [5.74, 6) is 0. The molecule has 1 nitrogen and oxygen atoms in total. The van der Waals surface area contributed by atoms with Gasteiger partial charge in [0.05, 0.1) is 0 Å². The van der Waals surface area contributed by atoms with E-state index in [1.54, 1.807) is 0 Å². The maximum Gasteiger partial charge on any atom is 0.0365 e. The van der Waals surface area contributed by atoms with Crippen LogP contribution in [-0.4, -0.2) is 5.54 Å². The highest BCUT2D eigenvalue weighted by Crippen LogP contribution is 2.22. The molecule has 0 heterocycles. The summed E-state index contributed by atoms with van der Waals surface area (Å²) < 4.78 is 0. The predicted octanol–water partition coefficient (Wildman–Crippen LogP) is 3.47. The third-order valence-electron chi connectivity index (χ3n) is 2.56. The zero-order valence-corrected chi connectivity index (χ0v) is 9.04. The Morgan fingerprint density at radius 1 is 1.25 bits per heavy atom. The van der Waals surface area contributed by atoms with E-state index in [-0.39, 0.29) is 0 Å². The topological polar surface area (TPSA) is 12.0 Å². The normalized spacial score (nSPS) is 11.3. The lowest BCUT2D eigenvalue weighted by atomic mass is 9.87. The molecule has 0 aliphatic carbocycles. The second kappa shape index (κ2) is 5.23. The van der Waals surface area contributed by atoms with Crippen molar-refractivity contribution in [1.29, 1.82) is 0 Å². The molecule has 0 aliphatic rings. The van der Waals surface area contributed by atoms with Crippen LogP contribution in [0.4, 0.5) is 0 Å². The number of nitrogens with one attached hydrogen (secondary N) is 1. The lowest BCUT2D eigenvalue weighted by Gasteiger charge is -2.34. The van der Waals surface area contributed by atoms with Crippen LogP contribution in [0.1, 0.15) is 53.4 Å². The minimum Gasteiger partial charge on any atom is -0.384 e. The van der Waals surface area contributed by atoms with Gasteiger partial charge in [-0.05, 0) is 26.2 Å². The first-order chi connectivity index (χ1) is 5.60. The summed E-state index contributed by atoms with van der Waals surface area (Å²) in [4.78, 5) is 0. The Hall–Kier alpha value is -0.460. The number of rotatable bonds is 6. The molecule has 0 aromatic carbocycles. The molecule has 0 saturated carbocycles. The third-order valence-corrected chi connectivity index (χ3v) is 2.56. The molecule has 0 spiro atoms. The van der Waals surface area contributed by atoms with E-state index in [0.717, 1.165) is 5.70 Å². The Morgan fingerprint density at radius 2 is 1.75 bits per heavy atom. The standard InChI is InChI=1S/C11H23N/c1-6-9-11(7-2,8-3)12-10(4)5/h12H,4,6-9H2,1-3,5H3. The Balaban J connectivity index is 4.23. The van der Waals surface area contributed by atoms with Crippen LogP contribution in [0.15, 0.2) is 12.3 Å². The van der Waals surface area contributed by atoms with Crippen molar-refractivity contribution in [2.45, 2.75) is 58.9 Å². The van der Waals surface area contributed by atoms with E-state index in [1.165, 1.54) is 25.7 Å². The van der Waals surface area contributed by atoms with Crippen molar-refractivity contribution in [3.63, 3.8) is 0 Å². The van der Waals surface area contributed by atoms with Gasteiger partial charge >= 0.3 is 0 Å². The average molecular weight is 169 g/mol. The van der Waals surface area contributed by atoms with Crippen LogP contribution in [0.3, 0.4) is 0 Å². The van der Waals surface area contributed by atoms with Crippen molar-refractivity contribution >= 4 is 0 Å². The average Bonchev–Trinajstić information content (AvgIpc) is 2.03. The molecule has 1 N–H and O–H groups in total. The second-order valence-corrected chi connectivity index (χ2v) is 3.64. The van der Waals surface area contributed by atoms with Crippen molar-refractivity contribution in [3.05, 3.63) is 12.3 Å². The molecule has 0 aromatic rings. The molecule has 0 atom stereocenters. The molecular weight excluding hydrogens is 146 g/mol. The second-order valence-electron chi connectivity index (χ2n) is 3.64. The molecule has 0 unspecified atom stereocenters. The molecule has 12 heavy (non-hydrogen) atoms. The van der Waals surface area contributed by atoms with Crippen molar-refractivity contribution in [1.82, 2.24) is 5.32 Å². The monoisotopic (exact) mass is 169 g/mol. The molecule has 0 rings (SSSR count). The van der Waals surface area contributed by atoms with Gasteiger partial charge in [-0.2, -0.15) is 0 Å². The van der Waals surface area contributed by atoms with Crippen LogP contribution in [0.25, 0.3) is 0 Å². The van der Waals surface area contributed by atoms with Crippen LogP contribution >= 0.6 is 0 Å². The molecule has 0 aromatic heterocycles. The van der Waals surface area contributed by atoms with Crippen molar-refractivity contribution in [3.8, 4) is 0 Å². The lowest BCUT2D eigenvalue weighted by Crippen LogP contribution is -2.42. The fourth-order valence-corrected chi connectivity index (χ4v) is 1.77. The first kappa shape index (κ1) is 11.5.